The van der Waals surface area contributed by atoms with Gasteiger partial charge in [0.2, 0.25) is 11.7 Å². The molecule has 0 radical (unpaired) electrons. The van der Waals surface area contributed by atoms with Crippen LogP contribution in [-0.2, 0) is 4.79 Å². The van der Waals surface area contributed by atoms with Gasteiger partial charge in [-0.25, -0.2) is 0 Å². The number of rotatable bonds is 7. The number of nitrogens with zero attached hydrogens (tertiary/aromatic N) is 2. The fourth-order valence-corrected chi connectivity index (χ4v) is 3.55. The van der Waals surface area contributed by atoms with Gasteiger partial charge >= 0.3 is 0 Å². The first-order valence-electron chi connectivity index (χ1n) is 9.36. The zero-order valence-corrected chi connectivity index (χ0v) is 16.8. The maximum absolute atomic E-state index is 13.0. The van der Waals surface area contributed by atoms with E-state index in [1.54, 1.807) is 38.6 Å². The van der Waals surface area contributed by atoms with Crippen molar-refractivity contribution >= 4 is 11.6 Å². The Balaban J connectivity index is 1.78. The van der Waals surface area contributed by atoms with Gasteiger partial charge in [-0.05, 0) is 49.6 Å². The first-order chi connectivity index (χ1) is 13.6. The fourth-order valence-electron chi connectivity index (χ4n) is 3.55. The molecule has 3 rings (SSSR count). The molecule has 150 valence electrons. The van der Waals surface area contributed by atoms with Gasteiger partial charge in [0.1, 0.15) is 0 Å². The second kappa shape index (κ2) is 8.93. The summed E-state index contributed by atoms with van der Waals surface area (Å²) in [7, 11) is 4.76. The minimum Gasteiger partial charge on any atom is -0.493 e. The molecule has 2 aromatic rings. The van der Waals surface area contributed by atoms with Crippen LogP contribution in [0.2, 0.25) is 0 Å². The summed E-state index contributed by atoms with van der Waals surface area (Å²) in [4.78, 5) is 18.9. The van der Waals surface area contributed by atoms with E-state index in [1.807, 2.05) is 31.2 Å². The Hall–Kier alpha value is -2.80. The number of ether oxygens (including phenoxy) is 3. The fraction of sp³-hybridized carbons (Fsp3) is 0.429. The molecule has 1 amide bonds. The van der Waals surface area contributed by atoms with E-state index >= 15 is 0 Å². The highest BCUT2D eigenvalue weighted by Gasteiger charge is 2.31. The zero-order chi connectivity index (χ0) is 20.1. The van der Waals surface area contributed by atoms with Crippen molar-refractivity contribution in [1.82, 2.24) is 10.3 Å². The molecule has 0 saturated carbocycles. The second-order valence-electron chi connectivity index (χ2n) is 6.74. The van der Waals surface area contributed by atoms with Gasteiger partial charge in [-0.3, -0.25) is 15.1 Å². The van der Waals surface area contributed by atoms with Crippen molar-refractivity contribution in [2.45, 2.75) is 31.8 Å². The summed E-state index contributed by atoms with van der Waals surface area (Å²) < 4.78 is 16.3. The first kappa shape index (κ1) is 19.9. The number of nitrogens with one attached hydrogen (secondary N) is 1. The van der Waals surface area contributed by atoms with Crippen LogP contribution in [0.25, 0.3) is 0 Å². The normalized spacial score (nSPS) is 17.9. The molecule has 1 N–H and O–H groups in total. The zero-order valence-electron chi connectivity index (χ0n) is 16.8. The summed E-state index contributed by atoms with van der Waals surface area (Å²) in [6.45, 7) is 2.73. The van der Waals surface area contributed by atoms with Crippen molar-refractivity contribution in [3.63, 3.8) is 0 Å². The number of anilines is 1. The molecule has 0 unspecified atom stereocenters. The number of benzene rings is 1. The quantitative estimate of drug-likeness (QED) is 0.790. The second-order valence-corrected chi connectivity index (χ2v) is 6.74. The van der Waals surface area contributed by atoms with Crippen molar-refractivity contribution in [3.05, 3.63) is 42.2 Å². The molecule has 2 atom stereocenters. The maximum atomic E-state index is 13.0. The number of carbonyl (C=O) groups excluding carboxylic acids is 1. The number of aromatic nitrogens is 1. The Labute approximate surface area is 165 Å². The highest BCUT2D eigenvalue weighted by molar-refractivity contribution is 5.97. The third-order valence-electron chi connectivity index (χ3n) is 5.03. The maximum Gasteiger partial charge on any atom is 0.244 e. The van der Waals surface area contributed by atoms with Crippen molar-refractivity contribution in [1.29, 1.82) is 0 Å². The average molecular weight is 385 g/mol. The van der Waals surface area contributed by atoms with E-state index in [0.29, 0.717) is 23.8 Å². The Morgan fingerprint density at radius 3 is 2.46 bits per heavy atom. The lowest BCUT2D eigenvalue weighted by Crippen LogP contribution is -2.51. The summed E-state index contributed by atoms with van der Waals surface area (Å²) in [5, 5.41) is 3.46. The lowest BCUT2D eigenvalue weighted by atomic mass is 10.0. The minimum absolute atomic E-state index is 0.0681. The molecule has 1 fully saturated rings. The number of hydrogen-bond acceptors (Lipinski definition) is 6. The van der Waals surface area contributed by atoms with E-state index < -0.39 is 0 Å². The van der Waals surface area contributed by atoms with E-state index in [4.69, 9.17) is 14.2 Å². The van der Waals surface area contributed by atoms with E-state index in [9.17, 15) is 4.79 Å². The highest BCUT2D eigenvalue weighted by atomic mass is 16.5. The summed E-state index contributed by atoms with van der Waals surface area (Å²) in [5.74, 6) is 1.81. The molecule has 1 saturated heterocycles. The van der Waals surface area contributed by atoms with Crippen LogP contribution < -0.4 is 24.4 Å². The van der Waals surface area contributed by atoms with Gasteiger partial charge in [-0.1, -0.05) is 0 Å². The lowest BCUT2D eigenvalue weighted by Gasteiger charge is -2.34. The third-order valence-corrected chi connectivity index (χ3v) is 5.03. The molecule has 1 aromatic heterocycles. The number of amides is 1. The third kappa shape index (κ3) is 4.04. The highest BCUT2D eigenvalue weighted by Crippen LogP contribution is 2.39. The summed E-state index contributed by atoms with van der Waals surface area (Å²) in [5.41, 5.74) is 1.79. The smallest absolute Gasteiger partial charge is 0.244 e. The molecule has 1 aliphatic rings. The van der Waals surface area contributed by atoms with Crippen LogP contribution in [-0.4, -0.2) is 44.8 Å². The molecule has 7 heteroatoms. The molecule has 0 bridgehead atoms. The molecule has 2 heterocycles. The van der Waals surface area contributed by atoms with Crippen LogP contribution in [0.15, 0.2) is 36.7 Å². The molecule has 28 heavy (non-hydrogen) atoms. The molecule has 0 aliphatic carbocycles. The van der Waals surface area contributed by atoms with Gasteiger partial charge in [0.15, 0.2) is 11.5 Å². The average Bonchev–Trinajstić information content (AvgIpc) is 2.74. The number of pyridine rings is 1. The SMILES string of the molecule is COc1cc([C@@H](C)N[C@@H]2CCCN(c3cccnc3)C2=O)cc(OC)c1OC. The Kier molecular flexibility index (Phi) is 6.36. The number of hydrogen-bond donors (Lipinski definition) is 1. The monoisotopic (exact) mass is 385 g/mol. The molecular weight excluding hydrogens is 358 g/mol. The van der Waals surface area contributed by atoms with Crippen molar-refractivity contribution in [3.8, 4) is 17.2 Å². The van der Waals surface area contributed by atoms with Crippen LogP contribution in [0.3, 0.4) is 0 Å². The van der Waals surface area contributed by atoms with Crippen LogP contribution >= 0.6 is 0 Å². The van der Waals surface area contributed by atoms with E-state index in [2.05, 4.69) is 10.3 Å². The topological polar surface area (TPSA) is 72.9 Å². The molecule has 1 aromatic carbocycles. The van der Waals surface area contributed by atoms with Gasteiger partial charge in [-0.2, -0.15) is 0 Å². The summed E-state index contributed by atoms with van der Waals surface area (Å²) >= 11 is 0. The van der Waals surface area contributed by atoms with Gasteiger partial charge in [0, 0.05) is 18.8 Å². The number of piperidine rings is 1. The molecular formula is C21H27N3O4. The summed E-state index contributed by atoms with van der Waals surface area (Å²) in [6.07, 6.45) is 5.16. The van der Waals surface area contributed by atoms with Crippen LogP contribution in [0.5, 0.6) is 17.2 Å². The Morgan fingerprint density at radius 2 is 1.89 bits per heavy atom. The van der Waals surface area contributed by atoms with Crippen molar-refractivity contribution < 1.29 is 19.0 Å². The predicted octanol–water partition coefficient (Wildman–Crippen LogP) is 2.95. The standard InChI is InChI=1S/C21H27N3O4/c1-14(15-11-18(26-2)20(28-4)19(12-15)27-3)23-17-8-6-10-24(21(17)25)16-7-5-9-22-13-16/h5,7,9,11-14,17,23H,6,8,10H2,1-4H3/t14-,17-/m1/s1. The van der Waals surface area contributed by atoms with Crippen molar-refractivity contribution in [2.75, 3.05) is 32.8 Å². The lowest BCUT2D eigenvalue weighted by molar-refractivity contribution is -0.122. The van der Waals surface area contributed by atoms with Gasteiger partial charge in [0.05, 0.1) is 39.3 Å². The molecule has 1 aliphatic heterocycles. The van der Waals surface area contributed by atoms with Gasteiger partial charge in [0.25, 0.3) is 0 Å². The van der Waals surface area contributed by atoms with Crippen LogP contribution in [0.1, 0.15) is 31.4 Å². The Bertz CT molecular complexity index is 788. The van der Waals surface area contributed by atoms with Gasteiger partial charge in [-0.15, -0.1) is 0 Å². The van der Waals surface area contributed by atoms with Crippen LogP contribution in [0.4, 0.5) is 5.69 Å². The molecule has 7 nitrogen and oxygen atoms in total. The number of methoxy groups -OCH3 is 3. The minimum atomic E-state index is -0.261. The Morgan fingerprint density at radius 1 is 1.18 bits per heavy atom. The summed E-state index contributed by atoms with van der Waals surface area (Å²) in [6, 6.07) is 7.24. The van der Waals surface area contributed by atoms with E-state index in [0.717, 1.165) is 24.1 Å². The van der Waals surface area contributed by atoms with E-state index in [1.165, 1.54) is 0 Å². The predicted molar refractivity (Wildman–Crippen MR) is 107 cm³/mol. The first-order valence-corrected chi connectivity index (χ1v) is 9.36. The molecule has 0 spiro atoms. The van der Waals surface area contributed by atoms with Crippen molar-refractivity contribution in [2.24, 2.45) is 0 Å². The van der Waals surface area contributed by atoms with Crippen LogP contribution in [0, 0.1) is 0 Å². The largest absolute Gasteiger partial charge is 0.493 e. The number of carbonyl (C=O) groups is 1. The van der Waals surface area contributed by atoms with Gasteiger partial charge < -0.3 is 19.1 Å². The van der Waals surface area contributed by atoms with E-state index in [-0.39, 0.29) is 18.0 Å².